The number of urea groups is 1. The standard InChI is InChI=1S/C15H30N2O3/c1-6-12(4)17(5)15(20)16-10-9-13(11(2)3)7-8-14(18)19/h11-13H,6-10H2,1-5H3,(H,16,20)(H,18,19). The molecule has 0 heterocycles. The summed E-state index contributed by atoms with van der Waals surface area (Å²) in [5.41, 5.74) is 0. The predicted octanol–water partition coefficient (Wildman–Crippen LogP) is 2.95. The van der Waals surface area contributed by atoms with E-state index in [-0.39, 0.29) is 18.5 Å². The second kappa shape index (κ2) is 9.61. The lowest BCUT2D eigenvalue weighted by atomic mass is 9.88. The topological polar surface area (TPSA) is 69.6 Å². The van der Waals surface area contributed by atoms with Gasteiger partial charge in [-0.1, -0.05) is 20.8 Å². The van der Waals surface area contributed by atoms with Crippen LogP contribution in [-0.2, 0) is 4.79 Å². The molecule has 0 rings (SSSR count). The van der Waals surface area contributed by atoms with Crippen LogP contribution in [-0.4, -0.2) is 41.6 Å². The van der Waals surface area contributed by atoms with E-state index in [0.29, 0.717) is 24.8 Å². The number of carboxylic acids is 1. The van der Waals surface area contributed by atoms with Crippen molar-refractivity contribution in [3.05, 3.63) is 0 Å². The molecule has 5 nitrogen and oxygen atoms in total. The molecule has 2 atom stereocenters. The Bertz CT molecular complexity index is 305. The van der Waals surface area contributed by atoms with Crippen molar-refractivity contribution in [1.29, 1.82) is 0 Å². The molecule has 0 saturated heterocycles. The summed E-state index contributed by atoms with van der Waals surface area (Å²) in [5.74, 6) is 0.00930. The highest BCUT2D eigenvalue weighted by atomic mass is 16.4. The van der Waals surface area contributed by atoms with Crippen LogP contribution < -0.4 is 5.32 Å². The summed E-state index contributed by atoms with van der Waals surface area (Å²) in [5, 5.41) is 11.7. The number of hydrogen-bond acceptors (Lipinski definition) is 2. The summed E-state index contributed by atoms with van der Waals surface area (Å²) in [6.45, 7) is 8.86. The summed E-state index contributed by atoms with van der Waals surface area (Å²) >= 11 is 0. The van der Waals surface area contributed by atoms with Gasteiger partial charge in [-0.3, -0.25) is 4.79 Å². The van der Waals surface area contributed by atoms with Gasteiger partial charge < -0.3 is 15.3 Å². The summed E-state index contributed by atoms with van der Waals surface area (Å²) < 4.78 is 0. The highest BCUT2D eigenvalue weighted by molar-refractivity contribution is 5.74. The molecule has 0 aromatic rings. The Morgan fingerprint density at radius 1 is 1.20 bits per heavy atom. The molecule has 0 aromatic heterocycles. The van der Waals surface area contributed by atoms with E-state index in [1.54, 1.807) is 11.9 Å². The third-order valence-corrected chi connectivity index (χ3v) is 4.04. The number of rotatable bonds is 9. The van der Waals surface area contributed by atoms with Crippen molar-refractivity contribution in [2.45, 2.75) is 59.4 Å². The number of nitrogens with zero attached hydrogens (tertiary/aromatic N) is 1. The fraction of sp³-hybridized carbons (Fsp3) is 0.867. The van der Waals surface area contributed by atoms with Crippen LogP contribution in [0.2, 0.25) is 0 Å². The van der Waals surface area contributed by atoms with Crippen LogP contribution in [0.25, 0.3) is 0 Å². The van der Waals surface area contributed by atoms with Gasteiger partial charge in [-0.05, 0) is 38.0 Å². The zero-order valence-corrected chi connectivity index (χ0v) is 13.5. The lowest BCUT2D eigenvalue weighted by Gasteiger charge is -2.25. The first-order chi connectivity index (χ1) is 9.29. The molecule has 0 aliphatic heterocycles. The Labute approximate surface area is 122 Å². The second-order valence-corrected chi connectivity index (χ2v) is 5.83. The Morgan fingerprint density at radius 3 is 2.25 bits per heavy atom. The normalized spacial score (nSPS) is 13.9. The minimum absolute atomic E-state index is 0.0555. The molecule has 0 saturated carbocycles. The lowest BCUT2D eigenvalue weighted by Crippen LogP contribution is -2.42. The van der Waals surface area contributed by atoms with Crippen molar-refractivity contribution >= 4 is 12.0 Å². The van der Waals surface area contributed by atoms with Gasteiger partial charge in [-0.2, -0.15) is 0 Å². The molecule has 20 heavy (non-hydrogen) atoms. The van der Waals surface area contributed by atoms with Gasteiger partial charge in [0.15, 0.2) is 0 Å². The van der Waals surface area contributed by atoms with Crippen molar-refractivity contribution in [2.24, 2.45) is 11.8 Å². The summed E-state index contributed by atoms with van der Waals surface area (Å²) in [4.78, 5) is 24.2. The van der Waals surface area contributed by atoms with E-state index in [4.69, 9.17) is 5.11 Å². The number of carboxylic acid groups (broad SMARTS) is 1. The molecule has 0 aromatic carbocycles. The molecule has 0 radical (unpaired) electrons. The SMILES string of the molecule is CCC(C)N(C)C(=O)NCCC(CCC(=O)O)C(C)C. The molecule has 2 unspecified atom stereocenters. The highest BCUT2D eigenvalue weighted by Gasteiger charge is 2.17. The van der Waals surface area contributed by atoms with Crippen molar-refractivity contribution in [2.75, 3.05) is 13.6 Å². The van der Waals surface area contributed by atoms with Crippen LogP contribution in [0.4, 0.5) is 4.79 Å². The van der Waals surface area contributed by atoms with Gasteiger partial charge in [0.1, 0.15) is 0 Å². The largest absolute Gasteiger partial charge is 0.481 e. The van der Waals surface area contributed by atoms with E-state index in [2.05, 4.69) is 26.1 Å². The molecule has 0 aliphatic carbocycles. The molecule has 2 amide bonds. The molecule has 2 N–H and O–H groups in total. The smallest absolute Gasteiger partial charge is 0.317 e. The first-order valence-corrected chi connectivity index (χ1v) is 7.52. The quantitative estimate of drug-likeness (QED) is 0.684. The van der Waals surface area contributed by atoms with E-state index in [9.17, 15) is 9.59 Å². The average Bonchev–Trinajstić information content (AvgIpc) is 2.39. The number of hydrogen-bond donors (Lipinski definition) is 2. The molecule has 0 fully saturated rings. The van der Waals surface area contributed by atoms with Gasteiger partial charge in [0.2, 0.25) is 0 Å². The first kappa shape index (κ1) is 18.7. The van der Waals surface area contributed by atoms with Crippen LogP contribution in [0.1, 0.15) is 53.4 Å². The molecular formula is C15H30N2O3. The molecule has 0 bridgehead atoms. The van der Waals surface area contributed by atoms with Gasteiger partial charge in [-0.15, -0.1) is 0 Å². The van der Waals surface area contributed by atoms with Crippen LogP contribution in [0.5, 0.6) is 0 Å². The summed E-state index contributed by atoms with van der Waals surface area (Å²) in [7, 11) is 1.80. The monoisotopic (exact) mass is 286 g/mol. The predicted molar refractivity (Wildman–Crippen MR) is 80.7 cm³/mol. The van der Waals surface area contributed by atoms with Gasteiger partial charge in [0.25, 0.3) is 0 Å². The molecular weight excluding hydrogens is 256 g/mol. The average molecular weight is 286 g/mol. The Kier molecular flexibility index (Phi) is 9.01. The van der Waals surface area contributed by atoms with Crippen molar-refractivity contribution in [3.8, 4) is 0 Å². The lowest BCUT2D eigenvalue weighted by molar-refractivity contribution is -0.137. The second-order valence-electron chi connectivity index (χ2n) is 5.83. The van der Waals surface area contributed by atoms with Crippen LogP contribution in [0.3, 0.4) is 0 Å². The highest BCUT2D eigenvalue weighted by Crippen LogP contribution is 2.20. The van der Waals surface area contributed by atoms with E-state index < -0.39 is 5.97 Å². The number of nitrogens with one attached hydrogen (secondary N) is 1. The fourth-order valence-corrected chi connectivity index (χ4v) is 2.08. The molecule has 0 spiro atoms. The molecule has 118 valence electrons. The number of carbonyl (C=O) groups excluding carboxylic acids is 1. The maximum absolute atomic E-state index is 11.9. The number of aliphatic carboxylic acids is 1. The first-order valence-electron chi connectivity index (χ1n) is 7.52. The zero-order valence-electron chi connectivity index (χ0n) is 13.5. The number of carbonyl (C=O) groups is 2. The van der Waals surface area contributed by atoms with Gasteiger partial charge in [0, 0.05) is 26.1 Å². The minimum atomic E-state index is -0.754. The Balaban J connectivity index is 4.10. The van der Waals surface area contributed by atoms with E-state index >= 15 is 0 Å². The molecule has 5 heteroatoms. The third-order valence-electron chi connectivity index (χ3n) is 4.04. The summed E-state index contributed by atoms with van der Waals surface area (Å²) in [6.07, 6.45) is 2.62. The van der Waals surface area contributed by atoms with Crippen LogP contribution >= 0.6 is 0 Å². The summed E-state index contributed by atoms with van der Waals surface area (Å²) in [6, 6.07) is 0.169. The Morgan fingerprint density at radius 2 is 1.80 bits per heavy atom. The Hall–Kier alpha value is -1.26. The van der Waals surface area contributed by atoms with E-state index in [0.717, 1.165) is 12.8 Å². The van der Waals surface area contributed by atoms with E-state index in [1.165, 1.54) is 0 Å². The number of amides is 2. The maximum atomic E-state index is 11.9. The van der Waals surface area contributed by atoms with Crippen LogP contribution in [0, 0.1) is 11.8 Å². The van der Waals surface area contributed by atoms with Gasteiger partial charge in [0.05, 0.1) is 0 Å². The van der Waals surface area contributed by atoms with Gasteiger partial charge in [-0.25, -0.2) is 4.79 Å². The van der Waals surface area contributed by atoms with E-state index in [1.807, 2.05) is 6.92 Å². The van der Waals surface area contributed by atoms with Crippen molar-refractivity contribution < 1.29 is 14.7 Å². The third kappa shape index (κ3) is 7.36. The van der Waals surface area contributed by atoms with Crippen molar-refractivity contribution in [1.82, 2.24) is 10.2 Å². The van der Waals surface area contributed by atoms with Crippen LogP contribution in [0.15, 0.2) is 0 Å². The minimum Gasteiger partial charge on any atom is -0.481 e. The van der Waals surface area contributed by atoms with Crippen molar-refractivity contribution in [3.63, 3.8) is 0 Å². The zero-order chi connectivity index (χ0) is 15.7. The molecule has 0 aliphatic rings. The maximum Gasteiger partial charge on any atom is 0.317 e. The fourth-order valence-electron chi connectivity index (χ4n) is 2.08. The van der Waals surface area contributed by atoms with Gasteiger partial charge >= 0.3 is 12.0 Å².